The zero-order chi connectivity index (χ0) is 27.4. The third-order valence-corrected chi connectivity index (χ3v) is 6.74. The number of carbonyl (C=O) groups excluding carboxylic acids is 2. The van der Waals surface area contributed by atoms with Crippen molar-refractivity contribution in [3.63, 3.8) is 0 Å². The first-order valence-corrected chi connectivity index (χ1v) is 13.0. The van der Waals surface area contributed by atoms with E-state index < -0.39 is 0 Å². The van der Waals surface area contributed by atoms with Gasteiger partial charge in [-0.05, 0) is 48.4 Å². The van der Waals surface area contributed by atoms with Crippen LogP contribution in [0.3, 0.4) is 0 Å². The second-order valence-electron chi connectivity index (χ2n) is 10.2. The zero-order valence-electron chi connectivity index (χ0n) is 21.8. The molecule has 38 heavy (non-hydrogen) atoms. The molecular weight excluding hydrogens is 519 g/mol. The number of aromatic nitrogens is 2. The summed E-state index contributed by atoms with van der Waals surface area (Å²) in [6.07, 6.45) is 0. The summed E-state index contributed by atoms with van der Waals surface area (Å²) < 4.78 is 1.73. The highest BCUT2D eigenvalue weighted by Crippen LogP contribution is 2.27. The van der Waals surface area contributed by atoms with E-state index in [2.05, 4.69) is 26.1 Å². The van der Waals surface area contributed by atoms with Crippen LogP contribution >= 0.6 is 23.2 Å². The molecule has 4 rings (SSSR count). The van der Waals surface area contributed by atoms with Crippen LogP contribution in [0.5, 0.6) is 0 Å². The van der Waals surface area contributed by atoms with E-state index in [0.29, 0.717) is 16.4 Å². The third-order valence-electron chi connectivity index (χ3n) is 6.00. The van der Waals surface area contributed by atoms with Crippen molar-refractivity contribution in [3.05, 3.63) is 111 Å². The number of halogens is 2. The van der Waals surface area contributed by atoms with Gasteiger partial charge in [0.05, 0.1) is 21.4 Å². The lowest BCUT2D eigenvalue weighted by Crippen LogP contribution is -2.37. The van der Waals surface area contributed by atoms with Crippen LogP contribution in [-0.2, 0) is 16.8 Å². The van der Waals surface area contributed by atoms with Crippen LogP contribution in [0.1, 0.15) is 48.0 Å². The Labute approximate surface area is 233 Å². The number of hydrogen-bond acceptors (Lipinski definition) is 3. The van der Waals surface area contributed by atoms with Crippen molar-refractivity contribution in [1.82, 2.24) is 14.7 Å². The molecule has 0 saturated carbocycles. The van der Waals surface area contributed by atoms with Gasteiger partial charge in [-0.1, -0.05) is 86.4 Å². The van der Waals surface area contributed by atoms with E-state index in [1.165, 1.54) is 11.0 Å². The molecule has 0 radical (unpaired) electrons. The molecule has 0 spiro atoms. The molecule has 1 aromatic heterocycles. The van der Waals surface area contributed by atoms with Gasteiger partial charge in [0.15, 0.2) is 0 Å². The van der Waals surface area contributed by atoms with Gasteiger partial charge in [0.1, 0.15) is 12.4 Å². The van der Waals surface area contributed by atoms with E-state index in [1.807, 2.05) is 67.6 Å². The monoisotopic (exact) mass is 548 g/mol. The van der Waals surface area contributed by atoms with E-state index >= 15 is 0 Å². The molecule has 0 aliphatic carbocycles. The van der Waals surface area contributed by atoms with Crippen molar-refractivity contribution in [2.45, 2.75) is 39.7 Å². The van der Waals surface area contributed by atoms with Crippen molar-refractivity contribution < 1.29 is 9.59 Å². The summed E-state index contributed by atoms with van der Waals surface area (Å²) >= 11 is 12.2. The normalized spacial score (nSPS) is 11.3. The summed E-state index contributed by atoms with van der Waals surface area (Å²) in [5, 5.41) is 8.40. The predicted molar refractivity (Wildman–Crippen MR) is 153 cm³/mol. The second-order valence-corrected chi connectivity index (χ2v) is 11.1. The SMILES string of the molecule is Cc1cccc(-n2nc(C(C)(C)C)cc2NC(=O)CN(Cc2ccccc2)C(=O)c2ccc(Cl)c(Cl)c2)c1. The Kier molecular flexibility index (Phi) is 8.24. The highest BCUT2D eigenvalue weighted by atomic mass is 35.5. The van der Waals surface area contributed by atoms with Gasteiger partial charge in [0, 0.05) is 23.6 Å². The summed E-state index contributed by atoms with van der Waals surface area (Å²) in [6, 6.07) is 24.0. The average Bonchev–Trinajstić information content (AvgIpc) is 3.30. The van der Waals surface area contributed by atoms with Crippen molar-refractivity contribution >= 4 is 40.8 Å². The summed E-state index contributed by atoms with van der Waals surface area (Å²) in [7, 11) is 0. The molecule has 2 amide bonds. The Morgan fingerprint density at radius 1 is 0.921 bits per heavy atom. The fraction of sp³-hybridized carbons (Fsp3) is 0.233. The van der Waals surface area contributed by atoms with Gasteiger partial charge in [-0.15, -0.1) is 0 Å². The molecule has 0 unspecified atom stereocenters. The first-order chi connectivity index (χ1) is 18.0. The number of nitrogens with zero attached hydrogens (tertiary/aromatic N) is 3. The smallest absolute Gasteiger partial charge is 0.254 e. The number of rotatable bonds is 7. The lowest BCUT2D eigenvalue weighted by molar-refractivity contribution is -0.117. The van der Waals surface area contributed by atoms with E-state index in [-0.39, 0.29) is 35.3 Å². The number of carbonyl (C=O) groups is 2. The first-order valence-electron chi connectivity index (χ1n) is 12.3. The minimum absolute atomic E-state index is 0.169. The molecule has 0 atom stereocenters. The lowest BCUT2D eigenvalue weighted by atomic mass is 9.92. The molecule has 4 aromatic rings. The molecule has 1 heterocycles. The Hall–Kier alpha value is -3.61. The molecule has 196 valence electrons. The third kappa shape index (κ3) is 6.63. The molecule has 0 bridgehead atoms. The van der Waals surface area contributed by atoms with E-state index in [9.17, 15) is 9.59 Å². The summed E-state index contributed by atoms with van der Waals surface area (Å²) in [5.41, 5.74) is 3.77. The van der Waals surface area contributed by atoms with Crippen LogP contribution in [0.2, 0.25) is 10.0 Å². The maximum atomic E-state index is 13.5. The highest BCUT2D eigenvalue weighted by molar-refractivity contribution is 6.42. The van der Waals surface area contributed by atoms with Crippen molar-refractivity contribution in [2.75, 3.05) is 11.9 Å². The minimum atomic E-state index is -0.344. The van der Waals surface area contributed by atoms with Gasteiger partial charge < -0.3 is 10.2 Å². The van der Waals surface area contributed by atoms with Crippen LogP contribution in [0.4, 0.5) is 5.82 Å². The summed E-state index contributed by atoms with van der Waals surface area (Å²) in [6.45, 7) is 8.29. The number of hydrogen-bond donors (Lipinski definition) is 1. The van der Waals surface area contributed by atoms with Crippen LogP contribution in [0.15, 0.2) is 78.9 Å². The number of amides is 2. The second kappa shape index (κ2) is 11.4. The maximum Gasteiger partial charge on any atom is 0.254 e. The largest absolute Gasteiger partial charge is 0.325 e. The molecular formula is C30H30Cl2N4O2. The van der Waals surface area contributed by atoms with E-state index in [4.69, 9.17) is 28.3 Å². The summed E-state index contributed by atoms with van der Waals surface area (Å²) in [5.74, 6) is -0.138. The van der Waals surface area contributed by atoms with Crippen molar-refractivity contribution in [3.8, 4) is 5.69 Å². The van der Waals surface area contributed by atoms with Crippen LogP contribution in [0, 0.1) is 6.92 Å². The molecule has 6 nitrogen and oxygen atoms in total. The molecule has 8 heteroatoms. The Balaban J connectivity index is 1.63. The predicted octanol–water partition coefficient (Wildman–Crippen LogP) is 7.07. The highest BCUT2D eigenvalue weighted by Gasteiger charge is 2.24. The number of nitrogens with one attached hydrogen (secondary N) is 1. The number of anilines is 1. The van der Waals surface area contributed by atoms with Crippen LogP contribution in [-0.4, -0.2) is 33.0 Å². The molecule has 1 N–H and O–H groups in total. The fourth-order valence-corrected chi connectivity index (χ4v) is 4.26. The maximum absolute atomic E-state index is 13.5. The van der Waals surface area contributed by atoms with Gasteiger partial charge in [0.25, 0.3) is 5.91 Å². The molecule has 0 fully saturated rings. The number of aryl methyl sites for hydroxylation is 1. The average molecular weight is 550 g/mol. The van der Waals surface area contributed by atoms with Gasteiger partial charge >= 0.3 is 0 Å². The van der Waals surface area contributed by atoms with Crippen LogP contribution in [0.25, 0.3) is 5.69 Å². The molecule has 0 saturated heterocycles. The fourth-order valence-electron chi connectivity index (χ4n) is 3.96. The lowest BCUT2D eigenvalue weighted by Gasteiger charge is -2.23. The molecule has 3 aromatic carbocycles. The van der Waals surface area contributed by atoms with Gasteiger partial charge in [-0.2, -0.15) is 5.10 Å². The Morgan fingerprint density at radius 2 is 1.66 bits per heavy atom. The first kappa shape index (κ1) is 27.4. The zero-order valence-corrected chi connectivity index (χ0v) is 23.3. The van der Waals surface area contributed by atoms with Gasteiger partial charge in [0.2, 0.25) is 5.91 Å². The quantitative estimate of drug-likeness (QED) is 0.268. The van der Waals surface area contributed by atoms with Crippen molar-refractivity contribution in [2.24, 2.45) is 0 Å². The number of benzene rings is 3. The standard InChI is InChI=1S/C30H30Cl2N4O2/c1-20-9-8-12-23(15-20)36-27(17-26(34-36)30(2,3)4)33-28(37)19-35(18-21-10-6-5-7-11-21)29(38)22-13-14-24(31)25(32)16-22/h5-17H,18-19H2,1-4H3,(H,33,37). The Bertz CT molecular complexity index is 1460. The topological polar surface area (TPSA) is 67.2 Å². The molecule has 0 aliphatic heterocycles. The summed E-state index contributed by atoms with van der Waals surface area (Å²) in [4.78, 5) is 28.4. The van der Waals surface area contributed by atoms with E-state index in [1.54, 1.807) is 16.8 Å². The minimum Gasteiger partial charge on any atom is -0.325 e. The van der Waals surface area contributed by atoms with Crippen molar-refractivity contribution in [1.29, 1.82) is 0 Å². The van der Waals surface area contributed by atoms with Gasteiger partial charge in [-0.25, -0.2) is 4.68 Å². The Morgan fingerprint density at radius 3 is 2.32 bits per heavy atom. The molecule has 0 aliphatic rings. The van der Waals surface area contributed by atoms with Crippen LogP contribution < -0.4 is 5.32 Å². The van der Waals surface area contributed by atoms with Gasteiger partial charge in [-0.3, -0.25) is 9.59 Å². The van der Waals surface area contributed by atoms with E-state index in [0.717, 1.165) is 22.5 Å².